The molecule has 0 fully saturated rings. The third-order valence-electron chi connectivity index (χ3n) is 2.97. The van der Waals surface area contributed by atoms with Crippen LogP contribution in [0.3, 0.4) is 0 Å². The number of rotatable bonds is 6. The van der Waals surface area contributed by atoms with Crippen LogP contribution in [0, 0.1) is 11.6 Å². The fourth-order valence-electron chi connectivity index (χ4n) is 1.94. The zero-order valence-corrected chi connectivity index (χ0v) is 11.8. The van der Waals surface area contributed by atoms with Gasteiger partial charge in [-0.2, -0.15) is 0 Å². The van der Waals surface area contributed by atoms with E-state index in [0.717, 1.165) is 11.6 Å². The van der Waals surface area contributed by atoms with Crippen LogP contribution in [0.1, 0.15) is 11.1 Å². The lowest BCUT2D eigenvalue weighted by molar-refractivity contribution is -0.119. The van der Waals surface area contributed by atoms with E-state index in [1.807, 2.05) is 0 Å². The van der Waals surface area contributed by atoms with Crippen molar-refractivity contribution < 1.29 is 18.7 Å². The molecule has 116 valence electrons. The minimum Gasteiger partial charge on any atom is -0.392 e. The summed E-state index contributed by atoms with van der Waals surface area (Å²) in [5, 5.41) is 14.5. The van der Waals surface area contributed by atoms with Crippen molar-refractivity contribution in [3.05, 3.63) is 65.2 Å². The van der Waals surface area contributed by atoms with E-state index in [1.54, 1.807) is 24.3 Å². The highest BCUT2D eigenvalue weighted by Gasteiger charge is 2.04. The highest BCUT2D eigenvalue weighted by Crippen LogP contribution is 2.10. The zero-order chi connectivity index (χ0) is 15.9. The molecular formula is C16H16F2N2O2. The van der Waals surface area contributed by atoms with Gasteiger partial charge in [-0.3, -0.25) is 4.79 Å². The van der Waals surface area contributed by atoms with Crippen LogP contribution >= 0.6 is 0 Å². The van der Waals surface area contributed by atoms with Gasteiger partial charge < -0.3 is 15.7 Å². The first kappa shape index (κ1) is 15.9. The number of anilines is 1. The largest absolute Gasteiger partial charge is 0.392 e. The number of hydrogen-bond donors (Lipinski definition) is 3. The van der Waals surface area contributed by atoms with Crippen LogP contribution in [-0.2, 0) is 17.9 Å². The van der Waals surface area contributed by atoms with Gasteiger partial charge in [0.2, 0.25) is 5.91 Å². The second kappa shape index (κ2) is 7.51. The second-order valence-corrected chi connectivity index (χ2v) is 4.77. The minimum atomic E-state index is -0.678. The Labute approximate surface area is 126 Å². The number of carbonyl (C=O) groups is 1. The number of carbonyl (C=O) groups excluding carboxylic acids is 1. The minimum absolute atomic E-state index is 0.0205. The lowest BCUT2D eigenvalue weighted by Crippen LogP contribution is -2.29. The molecule has 0 saturated carbocycles. The van der Waals surface area contributed by atoms with E-state index < -0.39 is 11.6 Å². The zero-order valence-electron chi connectivity index (χ0n) is 11.8. The summed E-state index contributed by atoms with van der Waals surface area (Å²) in [7, 11) is 0. The lowest BCUT2D eigenvalue weighted by atomic mass is 10.2. The standard InChI is InChI=1S/C16H16F2N2O2/c17-13-4-12(5-14(18)7-13)8-20-16(22)9-19-15-3-1-2-11(6-15)10-21/h1-7,19,21H,8-10H2,(H,20,22). The lowest BCUT2D eigenvalue weighted by Gasteiger charge is -2.09. The van der Waals surface area contributed by atoms with Gasteiger partial charge in [-0.05, 0) is 35.4 Å². The van der Waals surface area contributed by atoms with Crippen LogP contribution in [0.5, 0.6) is 0 Å². The van der Waals surface area contributed by atoms with Crippen molar-refractivity contribution in [2.24, 2.45) is 0 Å². The van der Waals surface area contributed by atoms with Crippen molar-refractivity contribution in [2.75, 3.05) is 11.9 Å². The summed E-state index contributed by atoms with van der Waals surface area (Å²) in [4.78, 5) is 11.7. The van der Waals surface area contributed by atoms with Gasteiger partial charge in [-0.15, -0.1) is 0 Å². The molecule has 2 aromatic rings. The van der Waals surface area contributed by atoms with Crippen molar-refractivity contribution in [1.29, 1.82) is 0 Å². The molecule has 0 atom stereocenters. The molecular weight excluding hydrogens is 290 g/mol. The molecule has 0 saturated heterocycles. The van der Waals surface area contributed by atoms with Crippen molar-refractivity contribution in [1.82, 2.24) is 5.32 Å². The van der Waals surface area contributed by atoms with E-state index in [0.29, 0.717) is 11.3 Å². The van der Waals surface area contributed by atoms with Gasteiger partial charge in [0, 0.05) is 18.3 Å². The number of halogens is 2. The maximum atomic E-state index is 13.0. The van der Waals surface area contributed by atoms with E-state index in [1.165, 1.54) is 12.1 Å². The molecule has 6 heteroatoms. The Kier molecular flexibility index (Phi) is 5.43. The number of aliphatic hydroxyl groups is 1. The monoisotopic (exact) mass is 306 g/mol. The third-order valence-corrected chi connectivity index (χ3v) is 2.97. The molecule has 0 spiro atoms. The first-order valence-corrected chi connectivity index (χ1v) is 6.72. The Hall–Kier alpha value is -2.47. The molecule has 0 radical (unpaired) electrons. The van der Waals surface area contributed by atoms with E-state index >= 15 is 0 Å². The smallest absolute Gasteiger partial charge is 0.239 e. The summed E-state index contributed by atoms with van der Waals surface area (Å²) < 4.78 is 26.0. The Balaban J connectivity index is 1.82. The first-order chi connectivity index (χ1) is 10.6. The normalized spacial score (nSPS) is 10.3. The quantitative estimate of drug-likeness (QED) is 0.766. The molecule has 2 rings (SSSR count). The predicted molar refractivity (Wildman–Crippen MR) is 79.1 cm³/mol. The topological polar surface area (TPSA) is 61.4 Å². The Bertz CT molecular complexity index is 642. The molecule has 0 bridgehead atoms. The Morgan fingerprint density at radius 1 is 1.05 bits per heavy atom. The summed E-state index contributed by atoms with van der Waals surface area (Å²) in [6.07, 6.45) is 0. The van der Waals surface area contributed by atoms with E-state index in [4.69, 9.17) is 5.11 Å². The van der Waals surface area contributed by atoms with E-state index in [-0.39, 0.29) is 25.6 Å². The maximum Gasteiger partial charge on any atom is 0.239 e. The van der Waals surface area contributed by atoms with Crippen LogP contribution in [0.2, 0.25) is 0 Å². The van der Waals surface area contributed by atoms with Crippen molar-refractivity contribution in [3.8, 4) is 0 Å². The molecule has 3 N–H and O–H groups in total. The van der Waals surface area contributed by atoms with Crippen LogP contribution in [0.25, 0.3) is 0 Å². The summed E-state index contributed by atoms with van der Waals surface area (Å²) in [6, 6.07) is 10.2. The van der Waals surface area contributed by atoms with Crippen LogP contribution < -0.4 is 10.6 Å². The number of aliphatic hydroxyl groups excluding tert-OH is 1. The molecule has 0 aliphatic carbocycles. The van der Waals surface area contributed by atoms with Gasteiger partial charge in [0.1, 0.15) is 11.6 Å². The van der Waals surface area contributed by atoms with Crippen molar-refractivity contribution in [2.45, 2.75) is 13.2 Å². The van der Waals surface area contributed by atoms with Gasteiger partial charge >= 0.3 is 0 Å². The summed E-state index contributed by atoms with van der Waals surface area (Å²) in [5.74, 6) is -1.66. The average Bonchev–Trinajstić information content (AvgIpc) is 2.50. The number of nitrogens with one attached hydrogen (secondary N) is 2. The highest BCUT2D eigenvalue weighted by atomic mass is 19.1. The van der Waals surface area contributed by atoms with Crippen LogP contribution in [-0.4, -0.2) is 17.6 Å². The van der Waals surface area contributed by atoms with Gasteiger partial charge in [-0.1, -0.05) is 12.1 Å². The molecule has 0 unspecified atom stereocenters. The Morgan fingerprint density at radius 2 is 1.77 bits per heavy atom. The molecule has 4 nitrogen and oxygen atoms in total. The van der Waals surface area contributed by atoms with E-state index in [9.17, 15) is 13.6 Å². The third kappa shape index (κ3) is 4.82. The first-order valence-electron chi connectivity index (χ1n) is 6.72. The van der Waals surface area contributed by atoms with Gasteiger partial charge in [0.15, 0.2) is 0 Å². The van der Waals surface area contributed by atoms with Crippen LogP contribution in [0.15, 0.2) is 42.5 Å². The highest BCUT2D eigenvalue weighted by molar-refractivity contribution is 5.80. The Morgan fingerprint density at radius 3 is 2.45 bits per heavy atom. The van der Waals surface area contributed by atoms with Crippen LogP contribution in [0.4, 0.5) is 14.5 Å². The summed E-state index contributed by atoms with van der Waals surface area (Å²) >= 11 is 0. The number of amides is 1. The average molecular weight is 306 g/mol. The fourth-order valence-corrected chi connectivity index (χ4v) is 1.94. The van der Waals surface area contributed by atoms with E-state index in [2.05, 4.69) is 10.6 Å². The fraction of sp³-hybridized carbons (Fsp3) is 0.188. The second-order valence-electron chi connectivity index (χ2n) is 4.77. The van der Waals surface area contributed by atoms with Gasteiger partial charge in [-0.25, -0.2) is 8.78 Å². The van der Waals surface area contributed by atoms with Crippen molar-refractivity contribution >= 4 is 11.6 Å². The molecule has 0 heterocycles. The van der Waals surface area contributed by atoms with Crippen molar-refractivity contribution in [3.63, 3.8) is 0 Å². The number of benzene rings is 2. The predicted octanol–water partition coefficient (Wildman–Crippen LogP) is 2.19. The SMILES string of the molecule is O=C(CNc1cccc(CO)c1)NCc1cc(F)cc(F)c1. The van der Waals surface area contributed by atoms with Gasteiger partial charge in [0.05, 0.1) is 13.2 Å². The number of hydrogen-bond acceptors (Lipinski definition) is 3. The van der Waals surface area contributed by atoms with Gasteiger partial charge in [0.25, 0.3) is 0 Å². The summed E-state index contributed by atoms with van der Waals surface area (Å²) in [6.45, 7) is -0.00853. The molecule has 22 heavy (non-hydrogen) atoms. The maximum absolute atomic E-state index is 13.0. The molecule has 0 aromatic heterocycles. The molecule has 2 aromatic carbocycles. The molecule has 1 amide bonds. The molecule has 0 aliphatic rings. The molecule has 0 aliphatic heterocycles. The summed E-state index contributed by atoms with van der Waals surface area (Å²) in [5.41, 5.74) is 1.80.